The van der Waals surface area contributed by atoms with Crippen molar-refractivity contribution < 1.29 is 9.59 Å². The maximum absolute atomic E-state index is 13.8. The smallest absolute Gasteiger partial charge is 0.247 e. The van der Waals surface area contributed by atoms with Gasteiger partial charge in [0, 0.05) is 23.1 Å². The summed E-state index contributed by atoms with van der Waals surface area (Å²) in [7, 11) is 0. The fourth-order valence-electron chi connectivity index (χ4n) is 4.17. The van der Waals surface area contributed by atoms with Gasteiger partial charge in [-0.3, -0.25) is 9.59 Å². The molecule has 188 valence electrons. The van der Waals surface area contributed by atoms with Crippen LogP contribution in [0.5, 0.6) is 0 Å². The van der Waals surface area contributed by atoms with Gasteiger partial charge in [0.05, 0.1) is 6.42 Å². The summed E-state index contributed by atoms with van der Waals surface area (Å²) in [6, 6.07) is 33.1. The van der Waals surface area contributed by atoms with Gasteiger partial charge in [-0.25, -0.2) is 0 Å². The van der Waals surface area contributed by atoms with E-state index in [4.69, 9.17) is 23.2 Å². The molecule has 6 heteroatoms. The lowest BCUT2D eigenvalue weighted by Crippen LogP contribution is -2.44. The highest BCUT2D eigenvalue weighted by atomic mass is 35.5. The Morgan fingerprint density at radius 3 is 1.81 bits per heavy atom. The van der Waals surface area contributed by atoms with E-state index in [1.54, 1.807) is 29.2 Å². The van der Waals surface area contributed by atoms with Crippen molar-refractivity contribution in [2.45, 2.75) is 25.4 Å². The van der Waals surface area contributed by atoms with Crippen LogP contribution in [-0.4, -0.2) is 23.3 Å². The maximum atomic E-state index is 13.8. The minimum absolute atomic E-state index is 0.144. The number of nitrogens with one attached hydrogen (secondary N) is 1. The number of rotatable bonds is 10. The number of nitrogens with zero attached hydrogens (tertiary/aromatic N) is 1. The lowest BCUT2D eigenvalue weighted by molar-refractivity contribution is -0.141. The van der Waals surface area contributed by atoms with Gasteiger partial charge < -0.3 is 10.2 Å². The summed E-state index contributed by atoms with van der Waals surface area (Å²) in [6.07, 6.45) is 0.843. The summed E-state index contributed by atoms with van der Waals surface area (Å²) >= 11 is 12.1. The summed E-state index contributed by atoms with van der Waals surface area (Å²) < 4.78 is 0. The van der Waals surface area contributed by atoms with E-state index in [9.17, 15) is 9.59 Å². The summed E-state index contributed by atoms with van der Waals surface area (Å²) in [5.41, 5.74) is 3.59. The second-order valence-corrected chi connectivity index (χ2v) is 9.66. The van der Waals surface area contributed by atoms with Gasteiger partial charge in [-0.2, -0.15) is 0 Å². The molecule has 1 N–H and O–H groups in total. The monoisotopic (exact) mass is 530 g/mol. The lowest BCUT2D eigenvalue weighted by Gasteiger charge is -2.32. The molecular weight excluding hydrogens is 503 g/mol. The van der Waals surface area contributed by atoms with E-state index >= 15 is 0 Å². The number of benzene rings is 4. The van der Waals surface area contributed by atoms with E-state index < -0.39 is 6.04 Å². The van der Waals surface area contributed by atoms with E-state index in [0.29, 0.717) is 23.0 Å². The van der Waals surface area contributed by atoms with Gasteiger partial charge in [0.25, 0.3) is 0 Å². The van der Waals surface area contributed by atoms with E-state index in [1.807, 2.05) is 84.9 Å². The normalized spacial score (nSPS) is 11.5. The van der Waals surface area contributed by atoms with Gasteiger partial charge in [-0.15, -0.1) is 0 Å². The second kappa shape index (κ2) is 13.1. The molecule has 4 rings (SSSR count). The molecule has 4 aromatic carbocycles. The molecule has 4 nitrogen and oxygen atoms in total. The minimum Gasteiger partial charge on any atom is -0.354 e. The van der Waals surface area contributed by atoms with E-state index in [1.165, 1.54) is 0 Å². The lowest BCUT2D eigenvalue weighted by atomic mass is 10.0. The molecule has 4 aromatic rings. The van der Waals surface area contributed by atoms with E-state index in [-0.39, 0.29) is 24.8 Å². The Hall–Kier alpha value is -3.60. The van der Waals surface area contributed by atoms with Crippen molar-refractivity contribution in [1.29, 1.82) is 0 Å². The molecule has 0 heterocycles. The Balaban J connectivity index is 1.62. The van der Waals surface area contributed by atoms with Crippen LogP contribution in [0.15, 0.2) is 109 Å². The minimum atomic E-state index is -0.799. The van der Waals surface area contributed by atoms with Crippen molar-refractivity contribution in [1.82, 2.24) is 10.2 Å². The van der Waals surface area contributed by atoms with Gasteiger partial charge in [0.2, 0.25) is 11.8 Å². The predicted molar refractivity (Wildman–Crippen MR) is 149 cm³/mol. The largest absolute Gasteiger partial charge is 0.354 e. The molecular formula is C31H28Cl2N2O2. The molecule has 37 heavy (non-hydrogen) atoms. The van der Waals surface area contributed by atoms with E-state index in [2.05, 4.69) is 5.32 Å². The highest BCUT2D eigenvalue weighted by molar-refractivity contribution is 6.30. The zero-order valence-corrected chi connectivity index (χ0v) is 21.8. The first-order valence-corrected chi connectivity index (χ1v) is 12.9. The number of hydrogen-bond donors (Lipinski definition) is 1. The van der Waals surface area contributed by atoms with Crippen LogP contribution in [-0.2, 0) is 29.0 Å². The average Bonchev–Trinajstić information content (AvgIpc) is 2.92. The van der Waals surface area contributed by atoms with Crippen LogP contribution >= 0.6 is 23.2 Å². The molecule has 0 bridgehead atoms. The second-order valence-electron chi connectivity index (χ2n) is 8.79. The van der Waals surface area contributed by atoms with Crippen LogP contribution < -0.4 is 5.32 Å². The fraction of sp³-hybridized carbons (Fsp3) is 0.161. The van der Waals surface area contributed by atoms with Crippen molar-refractivity contribution in [3.05, 3.63) is 141 Å². The third-order valence-corrected chi connectivity index (χ3v) is 6.59. The van der Waals surface area contributed by atoms with Crippen LogP contribution in [0, 0.1) is 0 Å². The van der Waals surface area contributed by atoms with Gasteiger partial charge in [-0.1, -0.05) is 108 Å². The molecule has 0 aliphatic rings. The van der Waals surface area contributed by atoms with Crippen LogP contribution in [0.1, 0.15) is 28.3 Å². The van der Waals surface area contributed by atoms with Gasteiger partial charge in [-0.05, 0) is 52.9 Å². The fourth-order valence-corrected chi connectivity index (χ4v) is 4.42. The van der Waals surface area contributed by atoms with Gasteiger partial charge in [0.1, 0.15) is 6.04 Å². The molecule has 0 fully saturated rings. The topological polar surface area (TPSA) is 49.4 Å². The molecule has 2 amide bonds. The standard InChI is InChI=1S/C31H28Cl2N2O2/c32-27-15-11-24(12-16-27)21-29(36)35(22-25-13-17-28(33)18-14-25)30(26-9-5-2-6-10-26)31(37)34-20-19-23-7-3-1-4-8-23/h1-18,30H,19-22H2,(H,34,37)/t30-/m0/s1. The van der Waals surface area contributed by atoms with Gasteiger partial charge >= 0.3 is 0 Å². The molecule has 0 saturated carbocycles. The molecule has 0 aliphatic carbocycles. The molecule has 0 spiro atoms. The van der Waals surface area contributed by atoms with Crippen LogP contribution in [0.2, 0.25) is 10.0 Å². The Labute approximate surface area is 227 Å². The number of hydrogen-bond acceptors (Lipinski definition) is 2. The summed E-state index contributed by atoms with van der Waals surface area (Å²) in [4.78, 5) is 29.1. The number of carbonyl (C=O) groups is 2. The SMILES string of the molecule is O=C(NCCc1ccccc1)[C@H](c1ccccc1)N(Cc1ccc(Cl)cc1)C(=O)Cc1ccc(Cl)cc1. The number of halogens is 2. The summed E-state index contributed by atoms with van der Waals surface area (Å²) in [6.45, 7) is 0.724. The highest BCUT2D eigenvalue weighted by Crippen LogP contribution is 2.26. The van der Waals surface area contributed by atoms with Crippen molar-refractivity contribution in [3.8, 4) is 0 Å². The van der Waals surface area contributed by atoms with Gasteiger partial charge in [0.15, 0.2) is 0 Å². The van der Waals surface area contributed by atoms with Crippen LogP contribution in [0.25, 0.3) is 0 Å². The predicted octanol–water partition coefficient (Wildman–Crippen LogP) is 6.66. The first kappa shape index (κ1) is 26.5. The third-order valence-electron chi connectivity index (χ3n) is 6.09. The van der Waals surface area contributed by atoms with E-state index in [0.717, 1.165) is 22.3 Å². The van der Waals surface area contributed by atoms with Crippen molar-refractivity contribution in [3.63, 3.8) is 0 Å². The number of amides is 2. The molecule has 1 atom stereocenters. The molecule has 0 aromatic heterocycles. The Bertz CT molecular complexity index is 1290. The van der Waals surface area contributed by atoms with Crippen LogP contribution in [0.4, 0.5) is 0 Å². The molecule has 0 unspecified atom stereocenters. The van der Waals surface area contributed by atoms with Crippen molar-refractivity contribution in [2.75, 3.05) is 6.54 Å². The molecule has 0 aliphatic heterocycles. The first-order valence-electron chi connectivity index (χ1n) is 12.1. The first-order chi connectivity index (χ1) is 18.0. The molecule has 0 radical (unpaired) electrons. The zero-order valence-electron chi connectivity index (χ0n) is 20.3. The molecule has 0 saturated heterocycles. The summed E-state index contributed by atoms with van der Waals surface area (Å²) in [5.74, 6) is -0.384. The summed E-state index contributed by atoms with van der Waals surface area (Å²) in [5, 5.41) is 4.28. The third kappa shape index (κ3) is 7.69. The Morgan fingerprint density at radius 2 is 1.22 bits per heavy atom. The Morgan fingerprint density at radius 1 is 0.676 bits per heavy atom. The Kier molecular flexibility index (Phi) is 9.36. The zero-order chi connectivity index (χ0) is 26.0. The quantitative estimate of drug-likeness (QED) is 0.249. The number of carbonyl (C=O) groups excluding carboxylic acids is 2. The highest BCUT2D eigenvalue weighted by Gasteiger charge is 2.31. The van der Waals surface area contributed by atoms with Crippen LogP contribution in [0.3, 0.4) is 0 Å². The van der Waals surface area contributed by atoms with Crippen molar-refractivity contribution >= 4 is 35.0 Å². The maximum Gasteiger partial charge on any atom is 0.247 e. The average molecular weight is 531 g/mol. The van der Waals surface area contributed by atoms with Crippen molar-refractivity contribution in [2.24, 2.45) is 0 Å².